The van der Waals surface area contributed by atoms with Crippen molar-refractivity contribution in [2.45, 2.75) is 25.4 Å². The Balaban J connectivity index is 1.66. The Morgan fingerprint density at radius 2 is 2.00 bits per heavy atom. The Morgan fingerprint density at radius 1 is 1.17 bits per heavy atom. The molecule has 1 heterocycles. The number of benzene rings is 1. The third-order valence-electron chi connectivity index (χ3n) is 4.81. The molecule has 0 amide bonds. The van der Waals surface area contributed by atoms with E-state index in [9.17, 15) is 5.11 Å². The summed E-state index contributed by atoms with van der Waals surface area (Å²) in [7, 11) is 0. The molecule has 4 rings (SSSR count). The predicted octanol–water partition coefficient (Wildman–Crippen LogP) is 3.31. The fourth-order valence-corrected chi connectivity index (χ4v) is 3.85. The van der Waals surface area contributed by atoms with Crippen molar-refractivity contribution in [3.8, 4) is 0 Å². The van der Waals surface area contributed by atoms with Gasteiger partial charge in [0, 0.05) is 11.6 Å². The third kappa shape index (κ3) is 1.49. The normalized spacial score (nSPS) is 31.3. The summed E-state index contributed by atoms with van der Waals surface area (Å²) in [4.78, 5) is 4.32. The summed E-state index contributed by atoms with van der Waals surface area (Å²) >= 11 is 0. The van der Waals surface area contributed by atoms with Crippen LogP contribution >= 0.6 is 0 Å². The molecule has 18 heavy (non-hydrogen) atoms. The van der Waals surface area contributed by atoms with E-state index in [2.05, 4.69) is 17.1 Å². The van der Waals surface area contributed by atoms with Gasteiger partial charge in [-0.2, -0.15) is 0 Å². The van der Waals surface area contributed by atoms with Crippen LogP contribution in [0.3, 0.4) is 0 Å². The predicted molar refractivity (Wildman–Crippen MR) is 71.0 cm³/mol. The smallest absolute Gasteiger partial charge is 0.0823 e. The molecular weight excluding hydrogens is 222 g/mol. The van der Waals surface area contributed by atoms with Crippen molar-refractivity contribution in [1.29, 1.82) is 0 Å². The van der Waals surface area contributed by atoms with E-state index < -0.39 is 0 Å². The van der Waals surface area contributed by atoms with Gasteiger partial charge in [-0.25, -0.2) is 0 Å². The first-order chi connectivity index (χ1) is 8.84. The zero-order chi connectivity index (χ0) is 12.1. The lowest BCUT2D eigenvalue weighted by atomic mass is 9.98. The highest BCUT2D eigenvalue weighted by atomic mass is 16.3. The highest BCUT2D eigenvalue weighted by Gasteiger charge is 2.55. The van der Waals surface area contributed by atoms with Crippen molar-refractivity contribution in [3.05, 3.63) is 42.1 Å². The summed E-state index contributed by atoms with van der Waals surface area (Å²) in [5.41, 5.74) is 2.07. The van der Waals surface area contributed by atoms with Gasteiger partial charge in [0.1, 0.15) is 0 Å². The average Bonchev–Trinajstić information content (AvgIpc) is 2.90. The maximum atomic E-state index is 10.5. The number of aliphatic hydroxyl groups is 1. The van der Waals surface area contributed by atoms with E-state index >= 15 is 0 Å². The largest absolute Gasteiger partial charge is 0.388 e. The van der Waals surface area contributed by atoms with Crippen LogP contribution in [0.1, 0.15) is 30.9 Å². The molecule has 3 atom stereocenters. The van der Waals surface area contributed by atoms with E-state index in [0.717, 1.165) is 28.3 Å². The SMILES string of the molecule is OC(c1ccc2ncccc2c1)C1C2CCCC21. The van der Waals surface area contributed by atoms with Crippen LogP contribution in [-0.4, -0.2) is 10.1 Å². The summed E-state index contributed by atoms with van der Waals surface area (Å²) in [5, 5.41) is 11.6. The minimum absolute atomic E-state index is 0.273. The van der Waals surface area contributed by atoms with Crippen molar-refractivity contribution in [3.63, 3.8) is 0 Å². The fraction of sp³-hybridized carbons (Fsp3) is 0.438. The highest BCUT2D eigenvalue weighted by Crippen LogP contribution is 2.62. The zero-order valence-corrected chi connectivity index (χ0v) is 10.3. The summed E-state index contributed by atoms with van der Waals surface area (Å²) in [5.74, 6) is 2.11. The molecule has 0 spiro atoms. The van der Waals surface area contributed by atoms with Crippen LogP contribution in [0.25, 0.3) is 10.9 Å². The van der Waals surface area contributed by atoms with Crippen LogP contribution in [0, 0.1) is 17.8 Å². The molecule has 92 valence electrons. The number of hydrogen-bond donors (Lipinski definition) is 1. The number of aliphatic hydroxyl groups excluding tert-OH is 1. The Bertz CT molecular complexity index is 584. The molecule has 0 saturated heterocycles. The van der Waals surface area contributed by atoms with Crippen molar-refractivity contribution >= 4 is 10.9 Å². The van der Waals surface area contributed by atoms with Crippen LogP contribution in [-0.2, 0) is 0 Å². The van der Waals surface area contributed by atoms with Crippen LogP contribution in [0.2, 0.25) is 0 Å². The minimum Gasteiger partial charge on any atom is -0.388 e. The van der Waals surface area contributed by atoms with Gasteiger partial charge in [0.05, 0.1) is 11.6 Å². The second kappa shape index (κ2) is 3.79. The van der Waals surface area contributed by atoms with Gasteiger partial charge in [0.15, 0.2) is 0 Å². The van der Waals surface area contributed by atoms with E-state index in [0.29, 0.717) is 5.92 Å². The van der Waals surface area contributed by atoms with Crippen molar-refractivity contribution in [1.82, 2.24) is 4.98 Å². The molecule has 3 unspecified atom stereocenters. The molecular formula is C16H17NO. The Labute approximate surface area is 107 Å². The lowest BCUT2D eigenvalue weighted by molar-refractivity contribution is 0.137. The number of nitrogens with zero attached hydrogens (tertiary/aromatic N) is 1. The number of aromatic nitrogens is 1. The van der Waals surface area contributed by atoms with Crippen LogP contribution in [0.15, 0.2) is 36.5 Å². The highest BCUT2D eigenvalue weighted by molar-refractivity contribution is 5.79. The van der Waals surface area contributed by atoms with Gasteiger partial charge in [-0.15, -0.1) is 0 Å². The zero-order valence-electron chi connectivity index (χ0n) is 10.3. The first-order valence-corrected chi connectivity index (χ1v) is 6.87. The molecule has 0 radical (unpaired) electrons. The van der Waals surface area contributed by atoms with E-state index in [4.69, 9.17) is 0 Å². The van der Waals surface area contributed by atoms with Gasteiger partial charge in [-0.1, -0.05) is 18.6 Å². The van der Waals surface area contributed by atoms with Gasteiger partial charge in [-0.3, -0.25) is 4.98 Å². The van der Waals surface area contributed by atoms with E-state index in [1.54, 1.807) is 0 Å². The Kier molecular flexibility index (Phi) is 2.21. The molecule has 2 saturated carbocycles. The Hall–Kier alpha value is -1.41. The van der Waals surface area contributed by atoms with Crippen LogP contribution in [0.4, 0.5) is 0 Å². The molecule has 2 aliphatic rings. The molecule has 0 bridgehead atoms. The number of rotatable bonds is 2. The van der Waals surface area contributed by atoms with Crippen LogP contribution in [0.5, 0.6) is 0 Å². The third-order valence-corrected chi connectivity index (χ3v) is 4.81. The first kappa shape index (κ1) is 10.5. The number of pyridine rings is 1. The molecule has 2 aliphatic carbocycles. The molecule has 2 fully saturated rings. The fourth-order valence-electron chi connectivity index (χ4n) is 3.85. The first-order valence-electron chi connectivity index (χ1n) is 6.87. The molecule has 1 N–H and O–H groups in total. The van der Waals surface area contributed by atoms with Crippen molar-refractivity contribution in [2.24, 2.45) is 17.8 Å². The molecule has 0 aliphatic heterocycles. The van der Waals surface area contributed by atoms with E-state index in [-0.39, 0.29) is 6.10 Å². The monoisotopic (exact) mass is 239 g/mol. The van der Waals surface area contributed by atoms with Gasteiger partial charge >= 0.3 is 0 Å². The van der Waals surface area contributed by atoms with Gasteiger partial charge in [0.2, 0.25) is 0 Å². The molecule has 1 aromatic heterocycles. The standard InChI is InChI=1S/C16H17NO/c18-16(15-12-4-1-5-13(12)15)11-6-7-14-10(9-11)3-2-8-17-14/h2-3,6-9,12-13,15-16,18H,1,4-5H2. The van der Waals surface area contributed by atoms with Crippen LogP contribution < -0.4 is 0 Å². The van der Waals surface area contributed by atoms with Gasteiger partial charge < -0.3 is 5.11 Å². The second-order valence-electron chi connectivity index (χ2n) is 5.74. The lowest BCUT2D eigenvalue weighted by Crippen LogP contribution is -2.04. The molecule has 2 aromatic rings. The summed E-state index contributed by atoms with van der Waals surface area (Å²) in [6.07, 6.45) is 5.54. The van der Waals surface area contributed by atoms with E-state index in [1.165, 1.54) is 19.3 Å². The number of hydrogen-bond acceptors (Lipinski definition) is 2. The maximum Gasteiger partial charge on any atom is 0.0823 e. The topological polar surface area (TPSA) is 33.1 Å². The van der Waals surface area contributed by atoms with Crippen molar-refractivity contribution in [2.75, 3.05) is 0 Å². The molecule has 2 heteroatoms. The molecule has 1 aromatic carbocycles. The lowest BCUT2D eigenvalue weighted by Gasteiger charge is -2.13. The summed E-state index contributed by atoms with van der Waals surface area (Å²) in [6, 6.07) is 10.2. The average molecular weight is 239 g/mol. The minimum atomic E-state index is -0.273. The van der Waals surface area contributed by atoms with E-state index in [1.807, 2.05) is 24.4 Å². The number of fused-ring (bicyclic) bond motifs is 2. The van der Waals surface area contributed by atoms with Crippen molar-refractivity contribution < 1.29 is 5.11 Å². The van der Waals surface area contributed by atoms with Gasteiger partial charge in [-0.05, 0) is 54.4 Å². The second-order valence-corrected chi connectivity index (χ2v) is 5.74. The summed E-state index contributed by atoms with van der Waals surface area (Å²) in [6.45, 7) is 0. The maximum absolute atomic E-state index is 10.5. The Morgan fingerprint density at radius 3 is 2.83 bits per heavy atom. The quantitative estimate of drug-likeness (QED) is 0.872. The molecule has 2 nitrogen and oxygen atoms in total. The summed E-state index contributed by atoms with van der Waals surface area (Å²) < 4.78 is 0. The van der Waals surface area contributed by atoms with Gasteiger partial charge in [0.25, 0.3) is 0 Å².